The molecule has 0 unspecified atom stereocenters. The van der Waals surface area contributed by atoms with Gasteiger partial charge in [-0.25, -0.2) is 4.99 Å². The van der Waals surface area contributed by atoms with E-state index in [9.17, 15) is 9.59 Å². The number of nitrogens with one attached hydrogen (secondary N) is 1. The van der Waals surface area contributed by atoms with E-state index >= 15 is 0 Å². The number of thiazole rings is 1. The van der Waals surface area contributed by atoms with Gasteiger partial charge < -0.3 is 15.0 Å². The largest absolute Gasteiger partial charge is 0.497 e. The second-order valence-corrected chi connectivity index (χ2v) is 8.06. The molecule has 0 saturated carbocycles. The zero-order chi connectivity index (χ0) is 20.1. The van der Waals surface area contributed by atoms with Crippen LogP contribution in [0.5, 0.6) is 5.75 Å². The van der Waals surface area contributed by atoms with Crippen LogP contribution >= 0.6 is 22.9 Å². The standard InChI is InChI=1S/C20H15ClN4O3S/c1-28-13-5-6-15-14(8-13)16(18(26)23-15)17-19(27)25-10-24(9-22-20(25)29-17)12-4-2-3-11(21)7-12/h2-8H,9-10H2,1H3,(H,23,26). The van der Waals surface area contributed by atoms with Crippen molar-refractivity contribution < 1.29 is 9.53 Å². The second-order valence-electron chi connectivity index (χ2n) is 6.65. The molecule has 0 radical (unpaired) electrons. The van der Waals surface area contributed by atoms with Gasteiger partial charge >= 0.3 is 0 Å². The van der Waals surface area contributed by atoms with Crippen LogP contribution in [-0.2, 0) is 11.5 Å². The molecule has 2 aromatic carbocycles. The molecule has 2 aliphatic rings. The number of fused-ring (bicyclic) bond motifs is 2. The van der Waals surface area contributed by atoms with Crippen LogP contribution in [0.4, 0.5) is 11.4 Å². The van der Waals surface area contributed by atoms with Gasteiger partial charge in [-0.2, -0.15) is 0 Å². The first-order valence-corrected chi connectivity index (χ1v) is 10.0. The third-order valence-electron chi connectivity index (χ3n) is 4.92. The minimum Gasteiger partial charge on any atom is -0.497 e. The summed E-state index contributed by atoms with van der Waals surface area (Å²) in [5.41, 5.74) is 2.34. The molecule has 146 valence electrons. The number of carbonyl (C=O) groups excluding carboxylic acids is 1. The van der Waals surface area contributed by atoms with Gasteiger partial charge in [0.1, 0.15) is 23.6 Å². The van der Waals surface area contributed by atoms with Crippen molar-refractivity contribution >= 4 is 45.8 Å². The van der Waals surface area contributed by atoms with Crippen LogP contribution in [0.1, 0.15) is 5.56 Å². The lowest BCUT2D eigenvalue weighted by Crippen LogP contribution is -2.43. The second kappa shape index (κ2) is 6.75. The highest BCUT2D eigenvalue weighted by Crippen LogP contribution is 2.33. The van der Waals surface area contributed by atoms with E-state index in [1.807, 2.05) is 23.1 Å². The summed E-state index contributed by atoms with van der Waals surface area (Å²) in [7, 11) is 1.56. The minimum absolute atomic E-state index is 0.235. The predicted molar refractivity (Wildman–Crippen MR) is 112 cm³/mol. The number of carbonyl (C=O) groups is 1. The highest BCUT2D eigenvalue weighted by Gasteiger charge is 2.28. The number of ether oxygens (including phenoxy) is 1. The monoisotopic (exact) mass is 426 g/mol. The van der Waals surface area contributed by atoms with Crippen molar-refractivity contribution in [1.29, 1.82) is 0 Å². The zero-order valence-corrected chi connectivity index (χ0v) is 16.9. The molecule has 9 heteroatoms. The molecule has 29 heavy (non-hydrogen) atoms. The minimum atomic E-state index is -0.295. The summed E-state index contributed by atoms with van der Waals surface area (Å²) in [4.78, 5) is 32.9. The first-order chi connectivity index (χ1) is 14.0. The van der Waals surface area contributed by atoms with Crippen LogP contribution in [0.2, 0.25) is 5.02 Å². The van der Waals surface area contributed by atoms with Crippen molar-refractivity contribution in [2.45, 2.75) is 6.67 Å². The number of aromatic nitrogens is 1. The molecule has 1 aromatic heterocycles. The van der Waals surface area contributed by atoms with Crippen LogP contribution in [0.15, 0.2) is 52.3 Å². The fourth-order valence-corrected chi connectivity index (χ4v) is 4.74. The van der Waals surface area contributed by atoms with Gasteiger partial charge in [-0.1, -0.05) is 29.0 Å². The molecule has 0 atom stereocenters. The molecule has 0 saturated heterocycles. The maximum absolute atomic E-state index is 13.2. The molecule has 3 aromatic rings. The molecular formula is C20H15ClN4O3S. The number of hydrogen-bond donors (Lipinski definition) is 1. The number of benzene rings is 2. The molecule has 3 heterocycles. The van der Waals surface area contributed by atoms with Gasteiger partial charge in [0.15, 0.2) is 4.80 Å². The van der Waals surface area contributed by atoms with Gasteiger partial charge in [0.25, 0.3) is 11.5 Å². The Labute approximate surface area is 174 Å². The maximum Gasteiger partial charge on any atom is 0.272 e. The Hall–Kier alpha value is -3.10. The van der Waals surface area contributed by atoms with Crippen LogP contribution < -0.4 is 29.8 Å². The van der Waals surface area contributed by atoms with E-state index in [1.54, 1.807) is 35.9 Å². The summed E-state index contributed by atoms with van der Waals surface area (Å²) in [5.74, 6) is 0.326. The summed E-state index contributed by atoms with van der Waals surface area (Å²) >= 11 is 7.33. The third kappa shape index (κ3) is 2.92. The van der Waals surface area contributed by atoms with Crippen LogP contribution in [0, 0.1) is 0 Å². The van der Waals surface area contributed by atoms with E-state index in [0.717, 1.165) is 5.69 Å². The SMILES string of the molecule is COc1ccc2c(c1)C(=c1sc3n(c1=O)CN(c1cccc(Cl)c1)CN=3)C(=O)N2. The summed E-state index contributed by atoms with van der Waals surface area (Å²) < 4.78 is 7.24. The first kappa shape index (κ1) is 18.0. The molecule has 0 aliphatic carbocycles. The fraction of sp³-hybridized carbons (Fsp3) is 0.150. The fourth-order valence-electron chi connectivity index (χ4n) is 3.50. The van der Waals surface area contributed by atoms with Crippen LogP contribution in [0.3, 0.4) is 0 Å². The number of methoxy groups -OCH3 is 1. The Morgan fingerprint density at radius 1 is 1.21 bits per heavy atom. The third-order valence-corrected chi connectivity index (χ3v) is 6.27. The summed E-state index contributed by atoms with van der Waals surface area (Å²) in [6, 6.07) is 12.7. The normalized spacial score (nSPS) is 16.8. The average molecular weight is 427 g/mol. The summed E-state index contributed by atoms with van der Waals surface area (Å²) in [5, 5.41) is 3.44. The maximum atomic E-state index is 13.2. The predicted octanol–water partition coefficient (Wildman–Crippen LogP) is 1.78. The number of halogens is 1. The molecule has 5 rings (SSSR count). The van der Waals surface area contributed by atoms with Crippen LogP contribution in [-0.4, -0.2) is 24.3 Å². The van der Waals surface area contributed by atoms with Crippen molar-refractivity contribution in [3.8, 4) is 5.75 Å². The lowest BCUT2D eigenvalue weighted by molar-refractivity contribution is -0.110. The van der Waals surface area contributed by atoms with E-state index in [2.05, 4.69) is 10.3 Å². The van der Waals surface area contributed by atoms with Crippen molar-refractivity contribution in [2.24, 2.45) is 4.99 Å². The Bertz CT molecular complexity index is 1340. The number of amides is 1. The highest BCUT2D eigenvalue weighted by atomic mass is 35.5. The quantitative estimate of drug-likeness (QED) is 0.677. The van der Waals surface area contributed by atoms with Crippen LogP contribution in [0.25, 0.3) is 5.57 Å². The Morgan fingerprint density at radius 2 is 2.07 bits per heavy atom. The van der Waals surface area contributed by atoms with Gasteiger partial charge in [0, 0.05) is 22.0 Å². The number of rotatable bonds is 2. The van der Waals surface area contributed by atoms with Crippen molar-refractivity contribution in [1.82, 2.24) is 4.57 Å². The van der Waals surface area contributed by atoms with E-state index in [4.69, 9.17) is 16.3 Å². The number of anilines is 2. The molecule has 1 N–H and O–H groups in total. The van der Waals surface area contributed by atoms with Gasteiger partial charge in [-0.3, -0.25) is 14.2 Å². The van der Waals surface area contributed by atoms with E-state index in [0.29, 0.717) is 50.3 Å². The average Bonchev–Trinajstić information content (AvgIpc) is 3.22. The Morgan fingerprint density at radius 3 is 2.86 bits per heavy atom. The van der Waals surface area contributed by atoms with Crippen molar-refractivity contribution in [3.05, 3.63) is 72.7 Å². The molecule has 0 bridgehead atoms. The van der Waals surface area contributed by atoms with Gasteiger partial charge in [0.05, 0.1) is 12.7 Å². The van der Waals surface area contributed by atoms with E-state index in [1.165, 1.54) is 11.3 Å². The Balaban J connectivity index is 1.65. The topological polar surface area (TPSA) is 75.9 Å². The van der Waals surface area contributed by atoms with Gasteiger partial charge in [-0.15, -0.1) is 0 Å². The molecule has 7 nitrogen and oxygen atoms in total. The lowest BCUT2D eigenvalue weighted by Gasteiger charge is -2.25. The molecular weight excluding hydrogens is 412 g/mol. The molecule has 2 aliphatic heterocycles. The lowest BCUT2D eigenvalue weighted by atomic mass is 10.1. The Kier molecular flexibility index (Phi) is 4.18. The first-order valence-electron chi connectivity index (χ1n) is 8.84. The molecule has 0 fully saturated rings. The van der Waals surface area contributed by atoms with E-state index < -0.39 is 0 Å². The van der Waals surface area contributed by atoms with Gasteiger partial charge in [-0.05, 0) is 36.4 Å². The summed E-state index contributed by atoms with van der Waals surface area (Å²) in [6.07, 6.45) is 0. The van der Waals surface area contributed by atoms with E-state index in [-0.39, 0.29) is 11.5 Å². The zero-order valence-electron chi connectivity index (χ0n) is 15.3. The molecule has 0 spiro atoms. The number of nitrogens with zero attached hydrogens (tertiary/aromatic N) is 3. The summed E-state index contributed by atoms with van der Waals surface area (Å²) in [6.45, 7) is 0.750. The molecule has 1 amide bonds. The number of hydrogen-bond acceptors (Lipinski definition) is 6. The highest BCUT2D eigenvalue weighted by molar-refractivity contribution is 7.07. The van der Waals surface area contributed by atoms with Crippen molar-refractivity contribution in [3.63, 3.8) is 0 Å². The van der Waals surface area contributed by atoms with Gasteiger partial charge in [0.2, 0.25) is 0 Å². The van der Waals surface area contributed by atoms with Crippen molar-refractivity contribution in [2.75, 3.05) is 24.0 Å². The smallest absolute Gasteiger partial charge is 0.272 e.